The second-order valence-corrected chi connectivity index (χ2v) is 9.02. The van der Waals surface area contributed by atoms with Gasteiger partial charge in [-0.05, 0) is 54.6 Å². The summed E-state index contributed by atoms with van der Waals surface area (Å²) in [6.07, 6.45) is 6.14. The van der Waals surface area contributed by atoms with Gasteiger partial charge in [-0.3, -0.25) is 9.69 Å². The summed E-state index contributed by atoms with van der Waals surface area (Å²) >= 11 is 3.07. The number of imidazole rings is 1. The van der Waals surface area contributed by atoms with Crippen molar-refractivity contribution in [3.05, 3.63) is 72.6 Å². The maximum Gasteiger partial charge on any atom is 0.260 e. The molecule has 2 aromatic carbocycles. The van der Waals surface area contributed by atoms with Crippen molar-refractivity contribution >= 4 is 44.4 Å². The standard InChI is InChI=1S/C22H21FN4OS2/c1-2-29-18-7-4-16(5-8-18)21(28)27(12-3-11-26-13-10-24-15-26)22-25-19-9-6-17(23)14-20(19)30-22/h4-10,13-15H,2-3,11-12H2,1H3. The Balaban J connectivity index is 1.60. The first-order valence-electron chi connectivity index (χ1n) is 9.70. The third-order valence-corrected chi connectivity index (χ3v) is 6.52. The number of aryl methyl sites for hydroxylation is 1. The summed E-state index contributed by atoms with van der Waals surface area (Å²) in [5.74, 6) is 0.573. The molecule has 0 aliphatic rings. The Bertz CT molecular complexity index is 1130. The summed E-state index contributed by atoms with van der Waals surface area (Å²) in [5.41, 5.74) is 1.31. The lowest BCUT2D eigenvalue weighted by Crippen LogP contribution is -2.32. The van der Waals surface area contributed by atoms with Crippen LogP contribution in [0.4, 0.5) is 9.52 Å². The van der Waals surface area contributed by atoms with Crippen LogP contribution in [0.1, 0.15) is 23.7 Å². The number of hydrogen-bond donors (Lipinski definition) is 0. The van der Waals surface area contributed by atoms with Crippen LogP contribution in [0.25, 0.3) is 10.2 Å². The van der Waals surface area contributed by atoms with E-state index >= 15 is 0 Å². The Morgan fingerprint density at radius 2 is 2.07 bits per heavy atom. The fourth-order valence-corrected chi connectivity index (χ4v) is 4.81. The van der Waals surface area contributed by atoms with Crippen molar-refractivity contribution in [1.29, 1.82) is 0 Å². The van der Waals surface area contributed by atoms with Gasteiger partial charge in [-0.15, -0.1) is 11.8 Å². The molecule has 154 valence electrons. The fourth-order valence-electron chi connectivity index (χ4n) is 3.13. The van der Waals surface area contributed by atoms with Crippen molar-refractivity contribution in [3.8, 4) is 0 Å². The maximum absolute atomic E-state index is 13.6. The molecule has 0 aliphatic heterocycles. The summed E-state index contributed by atoms with van der Waals surface area (Å²) in [4.78, 5) is 24.8. The SMILES string of the molecule is CCSc1ccc(C(=O)N(CCCn2ccnc2)c2nc3ccc(F)cc3s2)cc1. The van der Waals surface area contributed by atoms with Crippen molar-refractivity contribution in [2.75, 3.05) is 17.2 Å². The lowest BCUT2D eigenvalue weighted by atomic mass is 10.2. The number of carbonyl (C=O) groups is 1. The highest BCUT2D eigenvalue weighted by Crippen LogP contribution is 2.31. The molecular formula is C22H21FN4OS2. The molecule has 4 rings (SSSR count). The Morgan fingerprint density at radius 3 is 2.80 bits per heavy atom. The van der Waals surface area contributed by atoms with E-state index in [1.165, 1.54) is 23.5 Å². The normalized spacial score (nSPS) is 11.1. The van der Waals surface area contributed by atoms with Crippen LogP contribution in [-0.2, 0) is 6.54 Å². The number of carbonyl (C=O) groups excluding carboxylic acids is 1. The molecule has 2 aromatic heterocycles. The highest BCUT2D eigenvalue weighted by atomic mass is 32.2. The van der Waals surface area contributed by atoms with E-state index in [-0.39, 0.29) is 11.7 Å². The molecule has 0 saturated heterocycles. The number of fused-ring (bicyclic) bond motifs is 1. The quantitative estimate of drug-likeness (QED) is 0.340. The van der Waals surface area contributed by atoms with Gasteiger partial charge in [0.25, 0.3) is 5.91 Å². The number of benzene rings is 2. The minimum Gasteiger partial charge on any atom is -0.337 e. The number of rotatable bonds is 8. The van der Waals surface area contributed by atoms with Crippen LogP contribution in [0.15, 0.2) is 66.1 Å². The number of nitrogens with zero attached hydrogens (tertiary/aromatic N) is 4. The third kappa shape index (κ3) is 4.71. The second kappa shape index (κ2) is 9.40. The zero-order chi connectivity index (χ0) is 20.9. The average molecular weight is 441 g/mol. The Hall–Kier alpha value is -2.71. The average Bonchev–Trinajstić information content (AvgIpc) is 3.41. The number of thioether (sulfide) groups is 1. The van der Waals surface area contributed by atoms with Crippen LogP contribution < -0.4 is 4.90 Å². The summed E-state index contributed by atoms with van der Waals surface area (Å²) < 4.78 is 16.3. The van der Waals surface area contributed by atoms with Gasteiger partial charge in [0.05, 0.1) is 16.5 Å². The zero-order valence-corrected chi connectivity index (χ0v) is 18.1. The van der Waals surface area contributed by atoms with Gasteiger partial charge >= 0.3 is 0 Å². The van der Waals surface area contributed by atoms with E-state index in [4.69, 9.17) is 0 Å². The molecule has 0 atom stereocenters. The van der Waals surface area contributed by atoms with Gasteiger partial charge in [-0.1, -0.05) is 18.3 Å². The van der Waals surface area contributed by atoms with E-state index in [2.05, 4.69) is 16.9 Å². The van der Waals surface area contributed by atoms with Gasteiger partial charge in [-0.25, -0.2) is 14.4 Å². The van der Waals surface area contributed by atoms with Gasteiger partial charge in [0, 0.05) is 35.9 Å². The summed E-state index contributed by atoms with van der Waals surface area (Å²) in [6, 6.07) is 12.2. The Morgan fingerprint density at radius 1 is 1.23 bits per heavy atom. The number of halogens is 1. The van der Waals surface area contributed by atoms with Crippen LogP contribution in [-0.4, -0.2) is 32.7 Å². The molecule has 2 heterocycles. The second-order valence-electron chi connectivity index (χ2n) is 6.68. The molecule has 0 bridgehead atoms. The van der Waals surface area contributed by atoms with Crippen molar-refractivity contribution in [3.63, 3.8) is 0 Å². The van der Waals surface area contributed by atoms with Crippen molar-refractivity contribution in [2.45, 2.75) is 24.8 Å². The molecule has 0 saturated carbocycles. The molecule has 5 nitrogen and oxygen atoms in total. The molecule has 0 aliphatic carbocycles. The van der Waals surface area contributed by atoms with E-state index in [1.54, 1.807) is 35.3 Å². The number of amides is 1. The number of aromatic nitrogens is 3. The molecule has 1 amide bonds. The molecule has 0 spiro atoms. The molecule has 0 unspecified atom stereocenters. The van der Waals surface area contributed by atoms with Crippen LogP contribution >= 0.6 is 23.1 Å². The first-order chi connectivity index (χ1) is 14.6. The van der Waals surface area contributed by atoms with Gasteiger partial charge in [0.2, 0.25) is 0 Å². The maximum atomic E-state index is 13.6. The van der Waals surface area contributed by atoms with Gasteiger partial charge < -0.3 is 4.57 Å². The van der Waals surface area contributed by atoms with Gasteiger partial charge in [0.15, 0.2) is 5.13 Å². The molecule has 0 radical (unpaired) electrons. The van der Waals surface area contributed by atoms with E-state index in [0.717, 1.165) is 28.3 Å². The molecule has 0 N–H and O–H groups in total. The zero-order valence-electron chi connectivity index (χ0n) is 16.5. The van der Waals surface area contributed by atoms with Crippen LogP contribution in [0, 0.1) is 5.82 Å². The highest BCUT2D eigenvalue weighted by molar-refractivity contribution is 7.99. The Labute approximate surface area is 182 Å². The lowest BCUT2D eigenvalue weighted by molar-refractivity contribution is 0.0986. The summed E-state index contributed by atoms with van der Waals surface area (Å²) in [6.45, 7) is 3.35. The molecule has 4 aromatic rings. The first-order valence-corrected chi connectivity index (χ1v) is 11.5. The minimum atomic E-state index is -0.306. The lowest BCUT2D eigenvalue weighted by Gasteiger charge is -2.20. The topological polar surface area (TPSA) is 51.0 Å². The third-order valence-electron chi connectivity index (χ3n) is 4.58. The summed E-state index contributed by atoms with van der Waals surface area (Å²) in [7, 11) is 0. The van der Waals surface area contributed by atoms with Crippen molar-refractivity contribution in [2.24, 2.45) is 0 Å². The predicted molar refractivity (Wildman–Crippen MR) is 121 cm³/mol. The fraction of sp³-hybridized carbons (Fsp3) is 0.227. The molecular weight excluding hydrogens is 419 g/mol. The van der Waals surface area contributed by atoms with Crippen LogP contribution in [0.2, 0.25) is 0 Å². The highest BCUT2D eigenvalue weighted by Gasteiger charge is 2.21. The van der Waals surface area contributed by atoms with Crippen LogP contribution in [0.5, 0.6) is 0 Å². The van der Waals surface area contributed by atoms with Crippen molar-refractivity contribution in [1.82, 2.24) is 14.5 Å². The predicted octanol–water partition coefficient (Wildman–Crippen LogP) is 5.48. The van der Waals surface area contributed by atoms with E-state index < -0.39 is 0 Å². The van der Waals surface area contributed by atoms with E-state index in [0.29, 0.717) is 22.8 Å². The van der Waals surface area contributed by atoms with E-state index in [1.807, 2.05) is 35.0 Å². The number of anilines is 1. The monoisotopic (exact) mass is 440 g/mol. The first kappa shape index (κ1) is 20.6. The molecule has 0 fully saturated rings. The van der Waals surface area contributed by atoms with E-state index in [9.17, 15) is 9.18 Å². The summed E-state index contributed by atoms with van der Waals surface area (Å²) in [5, 5.41) is 0.582. The van der Waals surface area contributed by atoms with Crippen LogP contribution in [0.3, 0.4) is 0 Å². The number of hydrogen-bond acceptors (Lipinski definition) is 5. The van der Waals surface area contributed by atoms with Gasteiger partial charge in [-0.2, -0.15) is 0 Å². The largest absolute Gasteiger partial charge is 0.337 e. The molecule has 8 heteroatoms. The smallest absolute Gasteiger partial charge is 0.260 e. The minimum absolute atomic E-state index is 0.104. The molecule has 30 heavy (non-hydrogen) atoms. The number of thiazole rings is 1. The van der Waals surface area contributed by atoms with Gasteiger partial charge in [0.1, 0.15) is 5.82 Å². The Kier molecular flexibility index (Phi) is 6.44. The van der Waals surface area contributed by atoms with Crippen molar-refractivity contribution < 1.29 is 9.18 Å².